The Balaban J connectivity index is 0.000000140. The van der Waals surface area contributed by atoms with E-state index in [1.165, 1.54) is 117 Å². The SMILES string of the molecule is CC1(C)c2ccccc2-c2ccc([Si]3(c4ccc(N(c5ccccc5)c5ccc6c(c5)sc5ccccc56)cc4)c4ccccc4-c4c3ccc3c4Oc4ccccc4O3)cc21.c1ccc(-c2ccc([Si]3(c4ccc(-c5ccc(N(c6ccccc6)c6ccccc6)cc5)cc4)c4ccccc4-c4c3ccc3c4Oc4ccccc4O3)cc2)cc1. The topological polar surface area (TPSA) is 43.4 Å². The molecule has 4 aliphatic heterocycles. The highest BCUT2D eigenvalue weighted by atomic mass is 32.1. The molecule has 0 radical (unpaired) electrons. The average molecular weight is 1590 g/mol. The molecule has 5 aliphatic rings. The van der Waals surface area contributed by atoms with Crippen LogP contribution in [0.2, 0.25) is 0 Å². The molecule has 24 rings (SSSR count). The lowest BCUT2D eigenvalue weighted by atomic mass is 9.82. The van der Waals surface area contributed by atoms with E-state index in [1.807, 2.05) is 59.9 Å². The van der Waals surface area contributed by atoms with Gasteiger partial charge in [-0.05, 0) is 212 Å². The van der Waals surface area contributed by atoms with E-state index in [0.29, 0.717) is 0 Å². The van der Waals surface area contributed by atoms with Gasteiger partial charge in [0, 0.05) is 70.8 Å². The van der Waals surface area contributed by atoms with E-state index < -0.39 is 16.1 Å². The molecule has 6 nitrogen and oxygen atoms in total. The van der Waals surface area contributed by atoms with Crippen LogP contribution in [0.1, 0.15) is 25.0 Å². The molecule has 0 spiro atoms. The van der Waals surface area contributed by atoms with Gasteiger partial charge in [-0.1, -0.05) is 323 Å². The number of anilines is 6. The summed E-state index contributed by atoms with van der Waals surface area (Å²) in [5.74, 6) is 6.01. The van der Waals surface area contributed by atoms with Gasteiger partial charge < -0.3 is 28.7 Å². The van der Waals surface area contributed by atoms with E-state index in [0.717, 1.165) is 91.2 Å². The molecule has 568 valence electrons. The highest BCUT2D eigenvalue weighted by Gasteiger charge is 2.53. The van der Waals surface area contributed by atoms with Crippen molar-refractivity contribution in [3.05, 3.63) is 436 Å². The van der Waals surface area contributed by atoms with E-state index in [9.17, 15) is 0 Å². The summed E-state index contributed by atoms with van der Waals surface area (Å²) in [6.07, 6.45) is 0. The van der Waals surface area contributed by atoms with Crippen molar-refractivity contribution in [2.45, 2.75) is 19.3 Å². The first-order valence-corrected chi connectivity index (χ1v) is 45.9. The van der Waals surface area contributed by atoms with Crippen LogP contribution in [0.3, 0.4) is 0 Å². The fourth-order valence-electron chi connectivity index (χ4n) is 19.8. The number of fused-ring (bicyclic) bond motifs is 18. The van der Waals surface area contributed by atoms with Crippen LogP contribution in [0.25, 0.3) is 75.8 Å². The smallest absolute Gasteiger partial charge is 0.181 e. The predicted octanol–water partition coefficient (Wildman–Crippen LogP) is 24.8. The molecule has 5 heterocycles. The number of hydrogen-bond acceptors (Lipinski definition) is 7. The van der Waals surface area contributed by atoms with E-state index in [4.69, 9.17) is 18.9 Å². The number of benzene rings is 18. The zero-order valence-corrected chi connectivity index (χ0v) is 68.7. The molecule has 0 bridgehead atoms. The molecule has 1 aromatic heterocycles. The van der Waals surface area contributed by atoms with Gasteiger partial charge in [0.25, 0.3) is 0 Å². The Hall–Kier alpha value is -14.6. The number of para-hydroxylation sites is 7. The van der Waals surface area contributed by atoms with Gasteiger partial charge >= 0.3 is 0 Å². The summed E-state index contributed by atoms with van der Waals surface area (Å²) in [4.78, 5) is 4.69. The Labute approximate surface area is 703 Å². The summed E-state index contributed by atoms with van der Waals surface area (Å²) in [6.45, 7) is 4.77. The molecule has 1 aliphatic carbocycles. The minimum atomic E-state index is -3.01. The van der Waals surface area contributed by atoms with Crippen molar-refractivity contribution in [3.63, 3.8) is 0 Å². The van der Waals surface area contributed by atoms with Gasteiger partial charge in [-0.25, -0.2) is 0 Å². The highest BCUT2D eigenvalue weighted by molar-refractivity contribution is 7.26. The normalized spacial score (nSPS) is 15.3. The van der Waals surface area contributed by atoms with E-state index in [-0.39, 0.29) is 5.41 Å². The molecular weight excluding hydrogens is 1510 g/mol. The van der Waals surface area contributed by atoms with Crippen LogP contribution in [0.5, 0.6) is 46.0 Å². The second-order valence-electron chi connectivity index (χ2n) is 32.0. The molecule has 9 heteroatoms. The number of thiophene rings is 1. The Kier molecular flexibility index (Phi) is 16.7. The molecule has 2 atom stereocenters. The predicted molar refractivity (Wildman–Crippen MR) is 502 cm³/mol. The second-order valence-corrected chi connectivity index (χ2v) is 40.6. The summed E-state index contributed by atoms with van der Waals surface area (Å²) in [7, 11) is -5.87. The first-order valence-electron chi connectivity index (χ1n) is 41.1. The Morgan fingerprint density at radius 3 is 1.12 bits per heavy atom. The summed E-state index contributed by atoms with van der Waals surface area (Å²) >= 11 is 1.86. The Morgan fingerprint density at radius 1 is 0.233 bits per heavy atom. The number of ether oxygens (including phenoxy) is 4. The number of nitrogens with zero attached hydrogens (tertiary/aromatic N) is 2. The summed E-state index contributed by atoms with van der Waals surface area (Å²) in [5, 5.41) is 13.3. The number of hydrogen-bond donors (Lipinski definition) is 0. The van der Waals surface area contributed by atoms with Crippen molar-refractivity contribution >= 4 is 123 Å². The van der Waals surface area contributed by atoms with Gasteiger partial charge in [0.1, 0.15) is 0 Å². The molecule has 18 aromatic carbocycles. The first-order chi connectivity index (χ1) is 59.2. The monoisotopic (exact) mass is 1590 g/mol. The zero-order chi connectivity index (χ0) is 79.6. The molecule has 0 saturated heterocycles. The van der Waals surface area contributed by atoms with E-state index >= 15 is 0 Å². The lowest BCUT2D eigenvalue weighted by Crippen LogP contribution is -2.73. The van der Waals surface area contributed by atoms with Crippen LogP contribution in [0.15, 0.2) is 425 Å². The molecule has 2 unspecified atom stereocenters. The maximum Gasteiger partial charge on any atom is 0.181 e. The van der Waals surface area contributed by atoms with Crippen LogP contribution in [-0.4, -0.2) is 16.1 Å². The summed E-state index contributed by atoms with van der Waals surface area (Å²) < 4.78 is 29.3. The van der Waals surface area contributed by atoms with Crippen LogP contribution in [0.4, 0.5) is 34.1 Å². The van der Waals surface area contributed by atoms with Crippen LogP contribution in [-0.2, 0) is 5.41 Å². The van der Waals surface area contributed by atoms with Gasteiger partial charge in [0.05, 0.1) is 0 Å². The Bertz CT molecular complexity index is 7210. The van der Waals surface area contributed by atoms with Crippen LogP contribution in [0, 0.1) is 0 Å². The highest BCUT2D eigenvalue weighted by Crippen LogP contribution is 2.55. The van der Waals surface area contributed by atoms with Crippen molar-refractivity contribution in [2.24, 2.45) is 0 Å². The molecule has 0 fully saturated rings. The van der Waals surface area contributed by atoms with Crippen LogP contribution < -0.4 is 70.2 Å². The van der Waals surface area contributed by atoms with Crippen molar-refractivity contribution in [1.82, 2.24) is 0 Å². The van der Waals surface area contributed by atoms with Gasteiger partial charge in [0.15, 0.2) is 62.1 Å². The van der Waals surface area contributed by atoms with E-state index in [2.05, 4.69) is 400 Å². The lowest BCUT2D eigenvalue weighted by molar-refractivity contribution is 0.361. The molecule has 0 saturated carbocycles. The zero-order valence-electron chi connectivity index (χ0n) is 65.9. The third-order valence-electron chi connectivity index (χ3n) is 25.3. The quantitative estimate of drug-likeness (QED) is 0.114. The minimum absolute atomic E-state index is 0.148. The van der Waals surface area contributed by atoms with Gasteiger partial charge in [-0.2, -0.15) is 0 Å². The fraction of sp³-hybridized carbons (Fsp3) is 0.0270. The van der Waals surface area contributed by atoms with Crippen molar-refractivity contribution < 1.29 is 18.9 Å². The van der Waals surface area contributed by atoms with E-state index in [1.54, 1.807) is 0 Å². The Morgan fingerprint density at radius 2 is 0.592 bits per heavy atom. The van der Waals surface area contributed by atoms with Crippen molar-refractivity contribution in [2.75, 3.05) is 9.80 Å². The van der Waals surface area contributed by atoms with Gasteiger partial charge in [-0.15, -0.1) is 11.3 Å². The first kappa shape index (κ1) is 70.8. The molecule has 0 amide bonds. The third-order valence-corrected chi connectivity index (χ3v) is 36.1. The maximum atomic E-state index is 6.88. The molecular formula is C111H76N2O4SSi2. The fourth-order valence-corrected chi connectivity index (χ4v) is 31.2. The van der Waals surface area contributed by atoms with Crippen molar-refractivity contribution in [1.29, 1.82) is 0 Å². The number of rotatable bonds is 12. The van der Waals surface area contributed by atoms with Crippen molar-refractivity contribution in [3.8, 4) is 102 Å². The third kappa shape index (κ3) is 11.2. The molecule has 19 aromatic rings. The second kappa shape index (κ2) is 28.4. The minimum Gasteiger partial charge on any atom is -0.449 e. The molecule has 120 heavy (non-hydrogen) atoms. The van der Waals surface area contributed by atoms with Gasteiger partial charge in [0.2, 0.25) is 0 Å². The summed E-state index contributed by atoms with van der Waals surface area (Å²) in [5.41, 5.74) is 21.4. The average Bonchev–Trinajstić information content (AvgIpc) is 1.52. The standard InChI is InChI=1S/C57H39NO2SSi.C54H37NO2Si/c1-57(2)46-19-9-6-16-41(46)42-31-29-40(35-47(42)57)62(53-23-13-8-18-45(53)55-54(62)33-32-50-56(55)60-49-21-11-10-20-48(49)59-50)39-27-24-37(25-28-39)58(36-14-4-3-5-15-36)38-26-30-44-43-17-7-12-22-51(43)61-52(44)34-38;1-4-14-38(15-5-1)40-26-32-45(33-27-40)58(51-23-13-10-20-47(51)53-52(58)37-36-50-54(53)57-49-22-12-11-21-48(49)56-50)46-34-28-41(29-35-46)39-24-30-44(31-25-39)55(42-16-6-2-7-17-42)43-18-8-3-9-19-43/h3-35H,1-2H3;1-37H. The van der Waals surface area contributed by atoms with Gasteiger partial charge in [-0.3, -0.25) is 0 Å². The van der Waals surface area contributed by atoms with Crippen LogP contribution >= 0.6 is 11.3 Å². The summed E-state index contributed by atoms with van der Waals surface area (Å²) in [6, 6.07) is 154. The largest absolute Gasteiger partial charge is 0.449 e. The lowest BCUT2D eigenvalue weighted by Gasteiger charge is -2.34. The molecule has 0 N–H and O–H groups in total. The maximum absolute atomic E-state index is 6.88.